The molecule has 0 unspecified atom stereocenters. The second-order valence-electron chi connectivity index (χ2n) is 4.15. The predicted molar refractivity (Wildman–Crippen MR) is 69.2 cm³/mol. The summed E-state index contributed by atoms with van der Waals surface area (Å²) in [6.07, 6.45) is 5.63. The summed E-state index contributed by atoms with van der Waals surface area (Å²) in [5.41, 5.74) is 2.10. The number of anilines is 1. The van der Waals surface area contributed by atoms with Crippen molar-refractivity contribution in [3.05, 3.63) is 41.4 Å². The van der Waals surface area contributed by atoms with E-state index in [0.717, 1.165) is 17.8 Å². The lowest BCUT2D eigenvalue weighted by Gasteiger charge is -2.05. The van der Waals surface area contributed by atoms with Gasteiger partial charge < -0.3 is 5.32 Å². The van der Waals surface area contributed by atoms with Crippen molar-refractivity contribution in [3.8, 4) is 0 Å². The summed E-state index contributed by atoms with van der Waals surface area (Å²) in [7, 11) is 0. The number of aromatic nitrogens is 3. The molecule has 0 saturated carbocycles. The zero-order valence-electron chi connectivity index (χ0n) is 9.89. The van der Waals surface area contributed by atoms with E-state index in [1.165, 1.54) is 0 Å². The van der Waals surface area contributed by atoms with E-state index in [-0.39, 0.29) is 0 Å². The summed E-state index contributed by atoms with van der Waals surface area (Å²) in [5.74, 6) is 0. The van der Waals surface area contributed by atoms with Crippen LogP contribution in [0.1, 0.15) is 25.5 Å². The standard InChI is InChI=1S/C12H15ClN4/c1-9(2)17-8-10(6-16-17)5-14-11-3-4-12(13)15-7-11/h3-4,6-9,14H,5H2,1-2H3. The van der Waals surface area contributed by atoms with E-state index < -0.39 is 0 Å². The number of rotatable bonds is 4. The number of halogens is 1. The average Bonchev–Trinajstić information content (AvgIpc) is 2.77. The van der Waals surface area contributed by atoms with Gasteiger partial charge >= 0.3 is 0 Å². The highest BCUT2D eigenvalue weighted by atomic mass is 35.5. The predicted octanol–water partition coefficient (Wildman–Crippen LogP) is 3.12. The molecule has 0 amide bonds. The van der Waals surface area contributed by atoms with E-state index in [1.54, 1.807) is 12.3 Å². The summed E-state index contributed by atoms with van der Waals surface area (Å²) in [4.78, 5) is 4.01. The van der Waals surface area contributed by atoms with Gasteiger partial charge in [0.05, 0.1) is 18.1 Å². The summed E-state index contributed by atoms with van der Waals surface area (Å²) < 4.78 is 1.94. The number of hydrogen-bond donors (Lipinski definition) is 1. The third-order valence-corrected chi connectivity index (χ3v) is 2.63. The molecule has 0 aromatic carbocycles. The first-order valence-corrected chi connectivity index (χ1v) is 5.91. The second-order valence-corrected chi connectivity index (χ2v) is 4.53. The average molecular weight is 251 g/mol. The van der Waals surface area contributed by atoms with Crippen molar-refractivity contribution >= 4 is 17.3 Å². The molecule has 1 N–H and O–H groups in total. The summed E-state index contributed by atoms with van der Waals surface area (Å²) in [5, 5.41) is 8.05. The van der Waals surface area contributed by atoms with Crippen molar-refractivity contribution in [2.24, 2.45) is 0 Å². The van der Waals surface area contributed by atoms with Crippen LogP contribution in [0.25, 0.3) is 0 Å². The van der Waals surface area contributed by atoms with E-state index in [0.29, 0.717) is 11.2 Å². The van der Waals surface area contributed by atoms with Gasteiger partial charge in [0.1, 0.15) is 5.15 Å². The molecule has 0 radical (unpaired) electrons. The van der Waals surface area contributed by atoms with Gasteiger partial charge in [0.15, 0.2) is 0 Å². The maximum Gasteiger partial charge on any atom is 0.129 e. The van der Waals surface area contributed by atoms with Crippen molar-refractivity contribution in [2.45, 2.75) is 26.4 Å². The van der Waals surface area contributed by atoms with Crippen LogP contribution in [-0.2, 0) is 6.54 Å². The van der Waals surface area contributed by atoms with Crippen molar-refractivity contribution in [3.63, 3.8) is 0 Å². The Morgan fingerprint density at radius 2 is 2.18 bits per heavy atom. The molecule has 0 spiro atoms. The van der Waals surface area contributed by atoms with Crippen molar-refractivity contribution < 1.29 is 0 Å². The van der Waals surface area contributed by atoms with Crippen LogP contribution in [-0.4, -0.2) is 14.8 Å². The summed E-state index contributed by atoms with van der Waals surface area (Å²) in [6, 6.07) is 4.06. The zero-order chi connectivity index (χ0) is 12.3. The molecule has 90 valence electrons. The van der Waals surface area contributed by atoms with Gasteiger partial charge in [0.25, 0.3) is 0 Å². The molecule has 0 aliphatic heterocycles. The van der Waals surface area contributed by atoms with Crippen LogP contribution in [0.2, 0.25) is 5.15 Å². The molecule has 0 aliphatic rings. The normalized spacial score (nSPS) is 10.8. The Hall–Kier alpha value is -1.55. The van der Waals surface area contributed by atoms with Gasteiger partial charge in [-0.2, -0.15) is 5.10 Å². The van der Waals surface area contributed by atoms with Crippen LogP contribution < -0.4 is 5.32 Å². The minimum Gasteiger partial charge on any atom is -0.380 e. The maximum absolute atomic E-state index is 5.71. The zero-order valence-corrected chi connectivity index (χ0v) is 10.6. The molecular weight excluding hydrogens is 236 g/mol. The first-order valence-electron chi connectivity index (χ1n) is 5.53. The number of nitrogens with one attached hydrogen (secondary N) is 1. The Morgan fingerprint density at radius 1 is 1.35 bits per heavy atom. The molecule has 0 bridgehead atoms. The molecular formula is C12H15ClN4. The molecule has 2 rings (SSSR count). The number of nitrogens with zero attached hydrogens (tertiary/aromatic N) is 3. The van der Waals surface area contributed by atoms with Gasteiger partial charge in [-0.25, -0.2) is 4.98 Å². The molecule has 5 heteroatoms. The maximum atomic E-state index is 5.71. The fourth-order valence-corrected chi connectivity index (χ4v) is 1.55. The smallest absolute Gasteiger partial charge is 0.129 e. The molecule has 2 heterocycles. The molecule has 0 aliphatic carbocycles. The monoisotopic (exact) mass is 250 g/mol. The summed E-state index contributed by atoms with van der Waals surface area (Å²) >= 11 is 5.71. The molecule has 2 aromatic heterocycles. The lowest BCUT2D eigenvalue weighted by Crippen LogP contribution is -2.01. The minimum absolute atomic E-state index is 0.390. The van der Waals surface area contributed by atoms with Crippen LogP contribution in [0, 0.1) is 0 Å². The molecule has 17 heavy (non-hydrogen) atoms. The quantitative estimate of drug-likeness (QED) is 0.848. The van der Waals surface area contributed by atoms with E-state index in [1.807, 2.05) is 23.1 Å². The Kier molecular flexibility index (Phi) is 3.64. The third kappa shape index (κ3) is 3.20. The van der Waals surface area contributed by atoms with Crippen molar-refractivity contribution in [1.82, 2.24) is 14.8 Å². The highest BCUT2D eigenvalue weighted by Crippen LogP contribution is 2.12. The van der Waals surface area contributed by atoms with Gasteiger partial charge in [-0.1, -0.05) is 11.6 Å². The largest absolute Gasteiger partial charge is 0.380 e. The lowest BCUT2D eigenvalue weighted by atomic mass is 10.3. The summed E-state index contributed by atoms with van der Waals surface area (Å²) in [6.45, 7) is 4.94. The molecule has 2 aromatic rings. The second kappa shape index (κ2) is 5.19. The molecule has 0 atom stereocenters. The Morgan fingerprint density at radius 3 is 2.76 bits per heavy atom. The first-order chi connectivity index (χ1) is 8.15. The van der Waals surface area contributed by atoms with Gasteiger partial charge in [-0.15, -0.1) is 0 Å². The van der Waals surface area contributed by atoms with Crippen LogP contribution >= 0.6 is 11.6 Å². The Labute approximate surface area is 106 Å². The molecule has 0 fully saturated rings. The molecule has 4 nitrogen and oxygen atoms in total. The lowest BCUT2D eigenvalue weighted by molar-refractivity contribution is 0.532. The SMILES string of the molecule is CC(C)n1cc(CNc2ccc(Cl)nc2)cn1. The highest BCUT2D eigenvalue weighted by Gasteiger charge is 2.01. The topological polar surface area (TPSA) is 42.7 Å². The van der Waals surface area contributed by atoms with Crippen LogP contribution in [0.5, 0.6) is 0 Å². The van der Waals surface area contributed by atoms with Crippen LogP contribution in [0.3, 0.4) is 0 Å². The Balaban J connectivity index is 1.95. The van der Waals surface area contributed by atoms with Gasteiger partial charge in [-0.3, -0.25) is 4.68 Å². The Bertz CT molecular complexity index is 476. The van der Waals surface area contributed by atoms with E-state index in [4.69, 9.17) is 11.6 Å². The number of pyridine rings is 1. The fourth-order valence-electron chi connectivity index (χ4n) is 1.44. The fraction of sp³-hybridized carbons (Fsp3) is 0.333. The van der Waals surface area contributed by atoms with Gasteiger partial charge in [-0.05, 0) is 26.0 Å². The van der Waals surface area contributed by atoms with Crippen molar-refractivity contribution in [1.29, 1.82) is 0 Å². The van der Waals surface area contributed by atoms with E-state index in [9.17, 15) is 0 Å². The molecule has 0 saturated heterocycles. The van der Waals surface area contributed by atoms with E-state index >= 15 is 0 Å². The van der Waals surface area contributed by atoms with Gasteiger partial charge in [0.2, 0.25) is 0 Å². The minimum atomic E-state index is 0.390. The third-order valence-electron chi connectivity index (χ3n) is 2.41. The van der Waals surface area contributed by atoms with E-state index in [2.05, 4.69) is 29.2 Å². The number of hydrogen-bond acceptors (Lipinski definition) is 3. The van der Waals surface area contributed by atoms with Crippen LogP contribution in [0.15, 0.2) is 30.7 Å². The first kappa shape index (κ1) is 11.9. The van der Waals surface area contributed by atoms with Crippen molar-refractivity contribution in [2.75, 3.05) is 5.32 Å². The van der Waals surface area contributed by atoms with Crippen LogP contribution in [0.4, 0.5) is 5.69 Å². The highest BCUT2D eigenvalue weighted by molar-refractivity contribution is 6.29. The van der Waals surface area contributed by atoms with Gasteiger partial charge in [0, 0.05) is 24.3 Å².